The highest BCUT2D eigenvalue weighted by Crippen LogP contribution is 2.27. The van der Waals surface area contributed by atoms with Gasteiger partial charge < -0.3 is 10.5 Å². The summed E-state index contributed by atoms with van der Waals surface area (Å²) in [6.45, 7) is 2.04. The molecule has 2 rings (SSSR count). The highest BCUT2D eigenvalue weighted by Gasteiger charge is 2.20. The number of anilines is 2. The molecule has 0 amide bonds. The van der Waals surface area contributed by atoms with Crippen LogP contribution in [-0.4, -0.2) is 15.5 Å². The third-order valence-corrected chi connectivity index (χ3v) is 4.49. The number of hydrogen-bond acceptors (Lipinski definition) is 4. The molecule has 0 aliphatic carbocycles. The largest absolute Gasteiger partial charge is 0.495 e. The number of methoxy groups -OCH3 is 1. The van der Waals surface area contributed by atoms with Gasteiger partial charge in [0.15, 0.2) is 0 Å². The molecule has 0 aliphatic rings. The monoisotopic (exact) mass is 306 g/mol. The Morgan fingerprint density at radius 1 is 1.14 bits per heavy atom. The van der Waals surface area contributed by atoms with Crippen molar-refractivity contribution in [2.75, 3.05) is 17.6 Å². The Balaban J connectivity index is 2.35. The summed E-state index contributed by atoms with van der Waals surface area (Å²) in [7, 11) is -2.34. The molecule has 0 aromatic heterocycles. The van der Waals surface area contributed by atoms with E-state index in [0.29, 0.717) is 11.4 Å². The Bertz CT molecular complexity index is 725. The predicted molar refractivity (Wildman–Crippen MR) is 84.0 cm³/mol. The first-order valence-electron chi connectivity index (χ1n) is 6.51. The number of sulfonamides is 1. The smallest absolute Gasteiger partial charge is 0.265 e. The number of nitrogens with one attached hydrogen (secondary N) is 1. The van der Waals surface area contributed by atoms with Gasteiger partial charge in [0.2, 0.25) is 0 Å². The van der Waals surface area contributed by atoms with Gasteiger partial charge in [-0.2, -0.15) is 0 Å². The van der Waals surface area contributed by atoms with Crippen molar-refractivity contribution in [2.24, 2.45) is 0 Å². The first-order valence-corrected chi connectivity index (χ1v) is 8.00. The molecule has 3 N–H and O–H groups in total. The number of aryl methyl sites for hydroxylation is 1. The van der Waals surface area contributed by atoms with E-state index in [-0.39, 0.29) is 10.6 Å². The third kappa shape index (κ3) is 3.46. The molecule has 0 fully saturated rings. The summed E-state index contributed by atoms with van der Waals surface area (Å²) in [5.74, 6) is 0.252. The lowest BCUT2D eigenvalue weighted by molar-refractivity contribution is 0.403. The van der Waals surface area contributed by atoms with Gasteiger partial charge in [0, 0.05) is 11.4 Å². The van der Waals surface area contributed by atoms with Crippen LogP contribution < -0.4 is 15.2 Å². The van der Waals surface area contributed by atoms with Crippen LogP contribution in [0.4, 0.5) is 11.4 Å². The van der Waals surface area contributed by atoms with Gasteiger partial charge >= 0.3 is 0 Å². The van der Waals surface area contributed by atoms with E-state index in [9.17, 15) is 8.42 Å². The number of rotatable bonds is 5. The SMILES string of the molecule is CCc1ccc(NS(=O)(=O)c2cc(N)ccc2OC)cc1. The number of nitrogens with two attached hydrogens (primary N) is 1. The van der Waals surface area contributed by atoms with E-state index in [1.807, 2.05) is 19.1 Å². The minimum Gasteiger partial charge on any atom is -0.495 e. The van der Waals surface area contributed by atoms with E-state index in [0.717, 1.165) is 12.0 Å². The van der Waals surface area contributed by atoms with Crippen molar-refractivity contribution in [1.82, 2.24) is 0 Å². The molecule has 2 aromatic rings. The molecular weight excluding hydrogens is 288 g/mol. The fourth-order valence-electron chi connectivity index (χ4n) is 1.92. The lowest BCUT2D eigenvalue weighted by atomic mass is 10.2. The number of benzene rings is 2. The first kappa shape index (κ1) is 15.2. The van der Waals surface area contributed by atoms with Crippen LogP contribution in [0.3, 0.4) is 0 Å². The highest BCUT2D eigenvalue weighted by atomic mass is 32.2. The molecule has 0 saturated heterocycles. The fourth-order valence-corrected chi connectivity index (χ4v) is 3.19. The Labute approximate surface area is 124 Å². The second kappa shape index (κ2) is 6.05. The molecule has 112 valence electrons. The summed E-state index contributed by atoms with van der Waals surface area (Å²) in [4.78, 5) is 0.0181. The van der Waals surface area contributed by atoms with Crippen LogP contribution in [0.25, 0.3) is 0 Å². The van der Waals surface area contributed by atoms with Crippen LogP contribution in [0, 0.1) is 0 Å². The van der Waals surface area contributed by atoms with Crippen LogP contribution in [0.1, 0.15) is 12.5 Å². The summed E-state index contributed by atoms with van der Waals surface area (Å²) in [5.41, 5.74) is 7.66. The van der Waals surface area contributed by atoms with E-state index in [2.05, 4.69) is 4.72 Å². The molecule has 5 nitrogen and oxygen atoms in total. The van der Waals surface area contributed by atoms with Gasteiger partial charge in [-0.3, -0.25) is 4.72 Å². The van der Waals surface area contributed by atoms with Gasteiger partial charge in [-0.25, -0.2) is 8.42 Å². The summed E-state index contributed by atoms with van der Waals surface area (Å²) in [5, 5.41) is 0. The Hall–Kier alpha value is -2.21. The van der Waals surface area contributed by atoms with Gasteiger partial charge in [-0.1, -0.05) is 19.1 Å². The minimum atomic E-state index is -3.75. The van der Waals surface area contributed by atoms with Crippen LogP contribution in [0.15, 0.2) is 47.4 Å². The normalized spacial score (nSPS) is 11.1. The van der Waals surface area contributed by atoms with Gasteiger partial charge in [0.05, 0.1) is 7.11 Å². The topological polar surface area (TPSA) is 81.4 Å². The van der Waals surface area contributed by atoms with Crippen molar-refractivity contribution in [2.45, 2.75) is 18.2 Å². The van der Waals surface area contributed by atoms with Crippen LogP contribution in [0.2, 0.25) is 0 Å². The molecule has 0 atom stereocenters. The van der Waals surface area contributed by atoms with Crippen molar-refractivity contribution in [3.05, 3.63) is 48.0 Å². The zero-order chi connectivity index (χ0) is 15.5. The standard InChI is InChI=1S/C15H18N2O3S/c1-3-11-4-7-13(8-5-11)17-21(18,19)15-10-12(16)6-9-14(15)20-2/h4-10,17H,3,16H2,1-2H3. The summed E-state index contributed by atoms with van der Waals surface area (Å²) >= 11 is 0. The van der Waals surface area contributed by atoms with Crippen molar-refractivity contribution < 1.29 is 13.2 Å². The molecule has 0 saturated carbocycles. The fraction of sp³-hybridized carbons (Fsp3) is 0.200. The van der Waals surface area contributed by atoms with Gasteiger partial charge in [0.25, 0.3) is 10.0 Å². The maximum absolute atomic E-state index is 12.4. The Morgan fingerprint density at radius 2 is 1.81 bits per heavy atom. The van der Waals surface area contributed by atoms with Gasteiger partial charge in [0.1, 0.15) is 10.6 Å². The van der Waals surface area contributed by atoms with Crippen LogP contribution in [0.5, 0.6) is 5.75 Å². The molecular formula is C15H18N2O3S. The minimum absolute atomic E-state index is 0.0181. The molecule has 21 heavy (non-hydrogen) atoms. The predicted octanol–water partition coefficient (Wildman–Crippen LogP) is 2.64. The summed E-state index contributed by atoms with van der Waals surface area (Å²) in [6, 6.07) is 11.7. The average molecular weight is 306 g/mol. The van der Waals surface area contributed by atoms with Gasteiger partial charge in [-0.05, 0) is 42.3 Å². The zero-order valence-corrected chi connectivity index (χ0v) is 12.8. The Kier molecular flexibility index (Phi) is 4.37. The van der Waals surface area contributed by atoms with E-state index in [1.165, 1.54) is 19.2 Å². The maximum Gasteiger partial charge on any atom is 0.265 e. The summed E-state index contributed by atoms with van der Waals surface area (Å²) in [6.07, 6.45) is 0.899. The Morgan fingerprint density at radius 3 is 2.38 bits per heavy atom. The first-order chi connectivity index (χ1) is 9.96. The zero-order valence-electron chi connectivity index (χ0n) is 12.0. The lowest BCUT2D eigenvalue weighted by Gasteiger charge is -2.12. The lowest BCUT2D eigenvalue weighted by Crippen LogP contribution is -2.14. The van der Waals surface area contributed by atoms with Crippen molar-refractivity contribution in [3.8, 4) is 5.75 Å². The molecule has 0 aliphatic heterocycles. The molecule has 0 radical (unpaired) electrons. The van der Waals surface area contributed by atoms with Crippen LogP contribution >= 0.6 is 0 Å². The second-order valence-corrected chi connectivity index (χ2v) is 6.22. The molecule has 0 unspecified atom stereocenters. The van der Waals surface area contributed by atoms with Gasteiger partial charge in [-0.15, -0.1) is 0 Å². The maximum atomic E-state index is 12.4. The molecule has 0 spiro atoms. The number of nitrogen functional groups attached to an aromatic ring is 1. The number of hydrogen-bond donors (Lipinski definition) is 2. The van der Waals surface area contributed by atoms with E-state index in [4.69, 9.17) is 10.5 Å². The van der Waals surface area contributed by atoms with E-state index >= 15 is 0 Å². The second-order valence-electron chi connectivity index (χ2n) is 4.57. The average Bonchev–Trinajstić information content (AvgIpc) is 2.47. The quantitative estimate of drug-likeness (QED) is 0.832. The van der Waals surface area contributed by atoms with Crippen molar-refractivity contribution in [1.29, 1.82) is 0 Å². The molecule has 0 bridgehead atoms. The summed E-state index contributed by atoms with van der Waals surface area (Å²) < 4.78 is 32.5. The third-order valence-electron chi connectivity index (χ3n) is 3.09. The van der Waals surface area contributed by atoms with E-state index in [1.54, 1.807) is 18.2 Å². The van der Waals surface area contributed by atoms with E-state index < -0.39 is 10.0 Å². The molecule has 0 heterocycles. The molecule has 6 heteroatoms. The van der Waals surface area contributed by atoms with Crippen molar-refractivity contribution >= 4 is 21.4 Å². The number of ether oxygens (including phenoxy) is 1. The van der Waals surface area contributed by atoms with Crippen LogP contribution in [-0.2, 0) is 16.4 Å². The van der Waals surface area contributed by atoms with Crippen molar-refractivity contribution in [3.63, 3.8) is 0 Å². The highest BCUT2D eigenvalue weighted by molar-refractivity contribution is 7.92. The molecule has 2 aromatic carbocycles.